The highest BCUT2D eigenvalue weighted by molar-refractivity contribution is 7.16. The van der Waals surface area contributed by atoms with E-state index in [0.717, 1.165) is 16.2 Å². The average molecular weight is 281 g/mol. The largest absolute Gasteiger partial charge is 0.379 e. The van der Waals surface area contributed by atoms with Gasteiger partial charge < -0.3 is 5.32 Å². The van der Waals surface area contributed by atoms with E-state index in [4.69, 9.17) is 11.6 Å². The van der Waals surface area contributed by atoms with Crippen molar-refractivity contribution in [3.05, 3.63) is 22.7 Å². The number of anilines is 1. The van der Waals surface area contributed by atoms with Gasteiger partial charge in [-0.3, -0.25) is 0 Å². The van der Waals surface area contributed by atoms with Crippen LogP contribution in [0.2, 0.25) is 5.02 Å². The lowest BCUT2D eigenvalue weighted by Crippen LogP contribution is -2.18. The fraction of sp³-hybridized carbons (Fsp3) is 0.500. The van der Waals surface area contributed by atoms with Gasteiger partial charge in [0.1, 0.15) is 5.52 Å². The minimum absolute atomic E-state index is 0.445. The molecule has 1 aliphatic carbocycles. The summed E-state index contributed by atoms with van der Waals surface area (Å²) < 4.78 is 1.19. The quantitative estimate of drug-likeness (QED) is 0.843. The molecule has 0 amide bonds. The first kappa shape index (κ1) is 12.2. The van der Waals surface area contributed by atoms with Gasteiger partial charge >= 0.3 is 0 Å². The Hall–Kier alpha value is -0.800. The molecule has 2 nitrogen and oxygen atoms in total. The molecule has 0 bridgehead atoms. The van der Waals surface area contributed by atoms with Gasteiger partial charge in [-0.1, -0.05) is 25.4 Å². The topological polar surface area (TPSA) is 24.9 Å². The van der Waals surface area contributed by atoms with E-state index in [1.54, 1.807) is 11.3 Å². The molecule has 4 heteroatoms. The summed E-state index contributed by atoms with van der Waals surface area (Å²) in [5, 5.41) is 4.38. The lowest BCUT2D eigenvalue weighted by atomic mass is 9.92. The molecule has 1 unspecified atom stereocenters. The number of benzene rings is 1. The molecule has 1 aromatic heterocycles. The Morgan fingerprint density at radius 2 is 2.28 bits per heavy atom. The van der Waals surface area contributed by atoms with Gasteiger partial charge in [-0.25, -0.2) is 4.98 Å². The van der Waals surface area contributed by atoms with Crippen LogP contribution in [0.1, 0.15) is 33.1 Å². The van der Waals surface area contributed by atoms with E-state index < -0.39 is 0 Å². The van der Waals surface area contributed by atoms with Crippen LogP contribution in [0.3, 0.4) is 0 Å². The molecule has 1 aromatic carbocycles. The summed E-state index contributed by atoms with van der Waals surface area (Å²) in [5.74, 6) is 0. The molecule has 3 rings (SSSR count). The van der Waals surface area contributed by atoms with Gasteiger partial charge in [-0.15, -0.1) is 11.3 Å². The zero-order valence-electron chi connectivity index (χ0n) is 10.7. The molecule has 0 radical (unpaired) electrons. The zero-order chi connectivity index (χ0) is 12.8. The molecule has 1 atom stereocenters. The van der Waals surface area contributed by atoms with E-state index in [-0.39, 0.29) is 0 Å². The summed E-state index contributed by atoms with van der Waals surface area (Å²) in [5.41, 5.74) is 4.35. The van der Waals surface area contributed by atoms with Crippen molar-refractivity contribution in [1.29, 1.82) is 0 Å². The van der Waals surface area contributed by atoms with E-state index in [1.807, 2.05) is 17.6 Å². The second kappa shape index (κ2) is 4.39. The number of fused-ring (bicyclic) bond motifs is 1. The van der Waals surface area contributed by atoms with Crippen LogP contribution in [0, 0.1) is 5.41 Å². The Labute approximate surface area is 116 Å². The van der Waals surface area contributed by atoms with Crippen LogP contribution < -0.4 is 5.32 Å². The number of rotatable bonds is 2. The monoisotopic (exact) mass is 280 g/mol. The third-order valence-corrected chi connectivity index (χ3v) is 4.88. The third-order valence-electron chi connectivity index (χ3n) is 3.77. The summed E-state index contributed by atoms with van der Waals surface area (Å²) in [6.07, 6.45) is 3.68. The van der Waals surface area contributed by atoms with Gasteiger partial charge in [-0.05, 0) is 36.8 Å². The molecule has 1 N–H and O–H groups in total. The van der Waals surface area contributed by atoms with E-state index >= 15 is 0 Å². The maximum Gasteiger partial charge on any atom is 0.106 e. The molecule has 1 aliphatic rings. The normalized spacial score (nSPS) is 22.5. The first-order chi connectivity index (χ1) is 8.55. The van der Waals surface area contributed by atoms with Crippen LogP contribution in [0.15, 0.2) is 17.6 Å². The number of thiazole rings is 1. The third kappa shape index (κ3) is 2.21. The van der Waals surface area contributed by atoms with Gasteiger partial charge in [0.2, 0.25) is 0 Å². The number of hydrogen-bond acceptors (Lipinski definition) is 3. The van der Waals surface area contributed by atoms with Crippen molar-refractivity contribution in [2.24, 2.45) is 5.41 Å². The Morgan fingerprint density at radius 1 is 1.44 bits per heavy atom. The molecule has 1 heterocycles. The lowest BCUT2D eigenvalue weighted by Gasteiger charge is -2.19. The predicted octanol–water partition coefficient (Wildman–Crippen LogP) is 4.94. The summed E-state index contributed by atoms with van der Waals surface area (Å²) in [7, 11) is 0. The highest BCUT2D eigenvalue weighted by atomic mass is 35.5. The first-order valence-electron chi connectivity index (χ1n) is 6.33. The number of nitrogens with one attached hydrogen (secondary N) is 1. The van der Waals surface area contributed by atoms with Gasteiger partial charge in [0.25, 0.3) is 0 Å². The molecular formula is C14H17ClN2S. The smallest absolute Gasteiger partial charge is 0.106 e. The van der Waals surface area contributed by atoms with Crippen molar-refractivity contribution in [2.75, 3.05) is 5.32 Å². The number of hydrogen-bond donors (Lipinski definition) is 1. The summed E-state index contributed by atoms with van der Waals surface area (Å²) in [4.78, 5) is 4.43. The van der Waals surface area contributed by atoms with Crippen molar-refractivity contribution in [3.63, 3.8) is 0 Å². The van der Waals surface area contributed by atoms with Crippen LogP contribution in [0.25, 0.3) is 10.2 Å². The molecule has 0 saturated heterocycles. The minimum Gasteiger partial charge on any atom is -0.379 e. The number of aromatic nitrogens is 1. The van der Waals surface area contributed by atoms with Crippen LogP contribution >= 0.6 is 22.9 Å². The van der Waals surface area contributed by atoms with Crippen LogP contribution in [0.5, 0.6) is 0 Å². The molecule has 2 aromatic rings. The fourth-order valence-corrected chi connectivity index (χ4v) is 3.70. The Bertz CT molecular complexity index is 576. The molecule has 0 aliphatic heterocycles. The van der Waals surface area contributed by atoms with Crippen molar-refractivity contribution in [2.45, 2.75) is 39.2 Å². The van der Waals surface area contributed by atoms with Gasteiger partial charge in [0.15, 0.2) is 0 Å². The second-order valence-corrected chi connectivity index (χ2v) is 7.16. The van der Waals surface area contributed by atoms with Crippen LogP contribution in [0.4, 0.5) is 5.69 Å². The number of halogens is 1. The standard InChI is InChI=1S/C14H17ClN2S/c1-14(2)6-5-9(7-14)17-12-10(15)3-4-11-13(12)16-8-18-11/h3-4,8-9,17H,5-7H2,1-2H3. The Morgan fingerprint density at radius 3 is 3.00 bits per heavy atom. The van der Waals surface area contributed by atoms with E-state index in [9.17, 15) is 0 Å². The zero-order valence-corrected chi connectivity index (χ0v) is 12.2. The van der Waals surface area contributed by atoms with Crippen LogP contribution in [-0.4, -0.2) is 11.0 Å². The molecular weight excluding hydrogens is 264 g/mol. The molecule has 18 heavy (non-hydrogen) atoms. The molecule has 96 valence electrons. The Balaban J connectivity index is 1.90. The van der Waals surface area contributed by atoms with E-state index in [1.165, 1.54) is 24.0 Å². The van der Waals surface area contributed by atoms with Crippen molar-refractivity contribution >= 4 is 38.8 Å². The van der Waals surface area contributed by atoms with Gasteiger partial charge in [0.05, 0.1) is 20.9 Å². The predicted molar refractivity (Wildman–Crippen MR) is 79.7 cm³/mol. The molecule has 1 saturated carbocycles. The summed E-state index contributed by atoms with van der Waals surface area (Å²) in [6, 6.07) is 4.52. The Kier molecular flexibility index (Phi) is 2.99. The van der Waals surface area contributed by atoms with Crippen molar-refractivity contribution < 1.29 is 0 Å². The fourth-order valence-electron chi connectivity index (χ4n) is 2.81. The first-order valence-corrected chi connectivity index (χ1v) is 7.59. The molecule has 0 spiro atoms. The van der Waals surface area contributed by atoms with Gasteiger partial charge in [-0.2, -0.15) is 0 Å². The van der Waals surface area contributed by atoms with E-state index in [0.29, 0.717) is 11.5 Å². The minimum atomic E-state index is 0.445. The lowest BCUT2D eigenvalue weighted by molar-refractivity contribution is 0.378. The van der Waals surface area contributed by atoms with Crippen LogP contribution in [-0.2, 0) is 0 Å². The summed E-state index contributed by atoms with van der Waals surface area (Å²) >= 11 is 7.97. The summed E-state index contributed by atoms with van der Waals surface area (Å²) in [6.45, 7) is 4.67. The highest BCUT2D eigenvalue weighted by Crippen LogP contribution is 2.40. The van der Waals surface area contributed by atoms with E-state index in [2.05, 4.69) is 24.1 Å². The van der Waals surface area contributed by atoms with Gasteiger partial charge in [0, 0.05) is 6.04 Å². The highest BCUT2D eigenvalue weighted by Gasteiger charge is 2.31. The SMILES string of the molecule is CC1(C)CCC(Nc2c(Cl)ccc3scnc23)C1. The maximum absolute atomic E-state index is 6.31. The second-order valence-electron chi connectivity index (χ2n) is 5.87. The number of nitrogens with zero attached hydrogens (tertiary/aromatic N) is 1. The average Bonchev–Trinajstić information content (AvgIpc) is 2.89. The molecule has 1 fully saturated rings. The van der Waals surface area contributed by atoms with Crippen molar-refractivity contribution in [3.8, 4) is 0 Å². The maximum atomic E-state index is 6.31. The van der Waals surface area contributed by atoms with Crippen molar-refractivity contribution in [1.82, 2.24) is 4.98 Å².